The number of sulfonamides is 1. The Morgan fingerprint density at radius 2 is 1.75 bits per heavy atom. The van der Waals surface area contributed by atoms with Crippen LogP contribution in [-0.2, 0) is 26.2 Å². The molecule has 2 heterocycles. The quantitative estimate of drug-likeness (QED) is 0.536. The highest BCUT2D eigenvalue weighted by Crippen LogP contribution is 2.30. The van der Waals surface area contributed by atoms with Crippen molar-refractivity contribution < 1.29 is 22.4 Å². The van der Waals surface area contributed by atoms with E-state index in [2.05, 4.69) is 4.98 Å². The van der Waals surface area contributed by atoms with Crippen LogP contribution in [0.1, 0.15) is 17.5 Å². The van der Waals surface area contributed by atoms with Crippen molar-refractivity contribution in [2.24, 2.45) is 0 Å². The maximum absolute atomic E-state index is 13.5. The maximum Gasteiger partial charge on any atom is 0.252 e. The molecule has 1 saturated heterocycles. The molecule has 0 spiro atoms. The number of hydrogen-bond donors (Lipinski definition) is 0. The summed E-state index contributed by atoms with van der Waals surface area (Å²) in [5.41, 5.74) is 1.65. The Kier molecular flexibility index (Phi) is 5.86. The third-order valence-electron chi connectivity index (χ3n) is 5.24. The first-order chi connectivity index (χ1) is 15.3. The molecule has 1 atom stereocenters. The minimum Gasteiger partial charge on any atom is -0.274 e. The van der Waals surface area contributed by atoms with E-state index in [0.717, 1.165) is 26.9 Å². The van der Waals surface area contributed by atoms with Crippen LogP contribution in [0, 0.1) is 12.7 Å². The summed E-state index contributed by atoms with van der Waals surface area (Å²) in [5, 5.41) is 0. The van der Waals surface area contributed by atoms with Gasteiger partial charge in [0, 0.05) is 18.9 Å². The third kappa shape index (κ3) is 4.17. The van der Waals surface area contributed by atoms with E-state index < -0.39 is 33.7 Å². The van der Waals surface area contributed by atoms with Gasteiger partial charge in [-0.1, -0.05) is 23.8 Å². The Balaban J connectivity index is 1.74. The lowest BCUT2D eigenvalue weighted by atomic mass is 10.2. The van der Waals surface area contributed by atoms with E-state index in [0.29, 0.717) is 5.56 Å². The summed E-state index contributed by atoms with van der Waals surface area (Å²) in [6, 6.07) is 13.3. The second-order valence-corrected chi connectivity index (χ2v) is 9.38. The van der Waals surface area contributed by atoms with Crippen LogP contribution < -0.4 is 4.90 Å². The summed E-state index contributed by atoms with van der Waals surface area (Å²) >= 11 is 0. The van der Waals surface area contributed by atoms with Gasteiger partial charge in [0.1, 0.15) is 11.9 Å². The zero-order chi connectivity index (χ0) is 22.9. The predicted molar refractivity (Wildman–Crippen MR) is 115 cm³/mol. The van der Waals surface area contributed by atoms with Crippen LogP contribution in [-0.4, -0.2) is 35.6 Å². The normalized spacial score (nSPS) is 16.7. The van der Waals surface area contributed by atoms with Crippen molar-refractivity contribution in [3.05, 3.63) is 90.0 Å². The van der Waals surface area contributed by atoms with Crippen molar-refractivity contribution in [3.8, 4) is 0 Å². The van der Waals surface area contributed by atoms with Gasteiger partial charge >= 0.3 is 0 Å². The molecule has 32 heavy (non-hydrogen) atoms. The molecule has 2 aromatic carbocycles. The van der Waals surface area contributed by atoms with E-state index in [1.807, 2.05) is 6.92 Å². The monoisotopic (exact) mass is 453 g/mol. The SMILES string of the molecule is Cc1ccc(S(=O)(=O)N(Cc2cccnc2)C2CC(=O)N(c3ccc(F)cc3)C2=O)cc1. The zero-order valence-corrected chi connectivity index (χ0v) is 18.0. The molecule has 1 aliphatic rings. The molecule has 1 aromatic heterocycles. The first-order valence-corrected chi connectivity index (χ1v) is 11.3. The Labute approximate surface area is 185 Å². The van der Waals surface area contributed by atoms with E-state index in [9.17, 15) is 22.4 Å². The molecule has 0 N–H and O–H groups in total. The fourth-order valence-corrected chi connectivity index (χ4v) is 5.15. The fraction of sp³-hybridized carbons (Fsp3) is 0.174. The lowest BCUT2D eigenvalue weighted by molar-refractivity contribution is -0.122. The molecule has 7 nitrogen and oxygen atoms in total. The standard InChI is InChI=1S/C23H20FN3O4S/c1-16-4-10-20(11-5-16)32(30,31)26(15-17-3-2-12-25-14-17)21-13-22(28)27(23(21)29)19-8-6-18(24)7-9-19/h2-12,14,21H,13,15H2,1H3. The van der Waals surface area contributed by atoms with E-state index in [1.165, 1.54) is 30.5 Å². The van der Waals surface area contributed by atoms with Crippen molar-refractivity contribution in [2.75, 3.05) is 4.90 Å². The second-order valence-electron chi connectivity index (χ2n) is 7.49. The van der Waals surface area contributed by atoms with E-state index in [4.69, 9.17) is 0 Å². The number of amides is 2. The Morgan fingerprint density at radius 1 is 1.06 bits per heavy atom. The summed E-state index contributed by atoms with van der Waals surface area (Å²) in [7, 11) is -4.12. The van der Waals surface area contributed by atoms with Crippen LogP contribution in [0.2, 0.25) is 0 Å². The number of carbonyl (C=O) groups is 2. The van der Waals surface area contributed by atoms with Crippen molar-refractivity contribution >= 4 is 27.5 Å². The van der Waals surface area contributed by atoms with Gasteiger partial charge in [-0.3, -0.25) is 14.6 Å². The van der Waals surface area contributed by atoms with Gasteiger partial charge in [-0.25, -0.2) is 17.7 Å². The van der Waals surface area contributed by atoms with Crippen LogP contribution in [0.25, 0.3) is 0 Å². The molecule has 4 rings (SSSR count). The molecule has 0 radical (unpaired) electrons. The number of carbonyl (C=O) groups excluding carboxylic acids is 2. The number of anilines is 1. The fourth-order valence-electron chi connectivity index (χ4n) is 3.58. The summed E-state index contributed by atoms with van der Waals surface area (Å²) < 4.78 is 41.4. The summed E-state index contributed by atoms with van der Waals surface area (Å²) in [4.78, 5) is 30.9. The molecule has 9 heteroatoms. The number of nitrogens with zero attached hydrogens (tertiary/aromatic N) is 3. The number of benzene rings is 2. The summed E-state index contributed by atoms with van der Waals surface area (Å²) in [6.45, 7) is 1.70. The Bertz CT molecular complexity index is 1250. The van der Waals surface area contributed by atoms with Crippen LogP contribution in [0.5, 0.6) is 0 Å². The number of halogens is 1. The first kappa shape index (κ1) is 21.8. The molecule has 164 valence electrons. The van der Waals surface area contributed by atoms with Crippen LogP contribution in [0.3, 0.4) is 0 Å². The average molecular weight is 453 g/mol. The van der Waals surface area contributed by atoms with Crippen LogP contribution in [0.15, 0.2) is 78.0 Å². The molecule has 0 saturated carbocycles. The lowest BCUT2D eigenvalue weighted by Gasteiger charge is -2.27. The average Bonchev–Trinajstić information content (AvgIpc) is 3.07. The van der Waals surface area contributed by atoms with Crippen LogP contribution in [0.4, 0.5) is 10.1 Å². The smallest absolute Gasteiger partial charge is 0.252 e. The Morgan fingerprint density at radius 3 is 2.38 bits per heavy atom. The third-order valence-corrected chi connectivity index (χ3v) is 7.11. The van der Waals surface area contributed by atoms with E-state index in [-0.39, 0.29) is 23.5 Å². The van der Waals surface area contributed by atoms with Crippen LogP contribution >= 0.6 is 0 Å². The molecule has 2 amide bonds. The molecule has 1 aliphatic heterocycles. The zero-order valence-electron chi connectivity index (χ0n) is 17.2. The summed E-state index contributed by atoms with van der Waals surface area (Å²) in [5.74, 6) is -1.74. The van der Waals surface area contributed by atoms with Gasteiger partial charge in [0.2, 0.25) is 15.9 Å². The molecule has 3 aromatic rings. The van der Waals surface area contributed by atoms with Gasteiger partial charge in [0.25, 0.3) is 5.91 Å². The maximum atomic E-state index is 13.5. The van der Waals surface area contributed by atoms with Gasteiger partial charge in [-0.2, -0.15) is 4.31 Å². The van der Waals surface area contributed by atoms with E-state index >= 15 is 0 Å². The molecular weight excluding hydrogens is 433 g/mol. The summed E-state index contributed by atoms with van der Waals surface area (Å²) in [6.07, 6.45) is 2.75. The molecule has 0 aliphatic carbocycles. The topological polar surface area (TPSA) is 87.7 Å². The lowest BCUT2D eigenvalue weighted by Crippen LogP contribution is -2.45. The van der Waals surface area contributed by atoms with Gasteiger partial charge in [0.15, 0.2) is 0 Å². The highest BCUT2D eigenvalue weighted by Gasteiger charge is 2.47. The minimum absolute atomic E-state index is 0.0208. The minimum atomic E-state index is -4.12. The second kappa shape index (κ2) is 8.60. The number of rotatable bonds is 6. The largest absolute Gasteiger partial charge is 0.274 e. The van der Waals surface area contributed by atoms with Crippen molar-refractivity contribution in [3.63, 3.8) is 0 Å². The highest BCUT2D eigenvalue weighted by atomic mass is 32.2. The molecule has 0 bridgehead atoms. The molecular formula is C23H20FN3O4S. The molecule has 1 fully saturated rings. The van der Waals surface area contributed by atoms with E-state index in [1.54, 1.807) is 30.5 Å². The van der Waals surface area contributed by atoms with Gasteiger partial charge in [-0.15, -0.1) is 0 Å². The number of aromatic nitrogens is 1. The van der Waals surface area contributed by atoms with Crippen molar-refractivity contribution in [1.82, 2.24) is 9.29 Å². The van der Waals surface area contributed by atoms with Crippen molar-refractivity contribution in [1.29, 1.82) is 0 Å². The first-order valence-electron chi connectivity index (χ1n) is 9.87. The highest BCUT2D eigenvalue weighted by molar-refractivity contribution is 7.89. The number of hydrogen-bond acceptors (Lipinski definition) is 5. The molecule has 1 unspecified atom stereocenters. The number of pyridine rings is 1. The number of aryl methyl sites for hydroxylation is 1. The Hall–Kier alpha value is -3.43. The van der Waals surface area contributed by atoms with Gasteiger partial charge in [0.05, 0.1) is 17.0 Å². The van der Waals surface area contributed by atoms with Gasteiger partial charge < -0.3 is 0 Å². The van der Waals surface area contributed by atoms with Crippen molar-refractivity contribution in [2.45, 2.75) is 30.8 Å². The predicted octanol–water partition coefficient (Wildman–Crippen LogP) is 3.05. The van der Waals surface area contributed by atoms with Gasteiger partial charge in [-0.05, 0) is 55.0 Å². The number of imide groups is 1.